The number of anilines is 1. The molecular formula is C12H14N2O4. The molecule has 6 heteroatoms. The molecule has 2 N–H and O–H groups in total. The summed E-state index contributed by atoms with van der Waals surface area (Å²) < 4.78 is 5.15. The second-order valence-corrected chi connectivity index (χ2v) is 4.21. The fourth-order valence-corrected chi connectivity index (χ4v) is 1.78. The summed E-state index contributed by atoms with van der Waals surface area (Å²) in [5, 5.41) is 11.4. The number of nitrogens with zero attached hydrogens (tertiary/aromatic N) is 1. The van der Waals surface area contributed by atoms with Gasteiger partial charge in [0, 0.05) is 5.69 Å². The number of nitrogens with one attached hydrogen (secondary N) is 1. The van der Waals surface area contributed by atoms with Crippen LogP contribution >= 0.6 is 0 Å². The lowest BCUT2D eigenvalue weighted by atomic mass is 10.2. The first-order valence-electron chi connectivity index (χ1n) is 5.68. The van der Waals surface area contributed by atoms with Gasteiger partial charge in [-0.1, -0.05) is 0 Å². The van der Waals surface area contributed by atoms with Crippen molar-refractivity contribution in [2.45, 2.75) is 32.0 Å². The zero-order valence-corrected chi connectivity index (χ0v) is 9.92. The minimum absolute atomic E-state index is 0.329. The van der Waals surface area contributed by atoms with Crippen LogP contribution in [-0.2, 0) is 14.3 Å². The van der Waals surface area contributed by atoms with Crippen LogP contribution in [0.5, 0.6) is 0 Å². The molecule has 6 nitrogen and oxygen atoms in total. The number of carboxylic acids is 1. The number of hydrogen-bond donors (Lipinski definition) is 2. The molecule has 1 aromatic heterocycles. The molecule has 1 fully saturated rings. The third-order valence-corrected chi connectivity index (χ3v) is 2.77. The van der Waals surface area contributed by atoms with Crippen molar-refractivity contribution in [2.24, 2.45) is 0 Å². The van der Waals surface area contributed by atoms with Gasteiger partial charge in [-0.05, 0) is 31.9 Å². The average Bonchev–Trinajstić information content (AvgIpc) is 2.81. The molecule has 2 rings (SSSR count). The lowest BCUT2D eigenvalue weighted by Crippen LogP contribution is -2.29. The van der Waals surface area contributed by atoms with Crippen LogP contribution in [0.1, 0.15) is 18.5 Å². The molecule has 0 bridgehead atoms. The van der Waals surface area contributed by atoms with Gasteiger partial charge < -0.3 is 15.2 Å². The molecule has 0 spiro atoms. The quantitative estimate of drug-likeness (QED) is 0.834. The molecule has 0 saturated carbocycles. The Balaban J connectivity index is 1.93. The summed E-state index contributed by atoms with van der Waals surface area (Å²) >= 11 is 0. The van der Waals surface area contributed by atoms with Gasteiger partial charge in [0.25, 0.3) is 5.91 Å². The van der Waals surface area contributed by atoms with Crippen molar-refractivity contribution >= 4 is 17.6 Å². The van der Waals surface area contributed by atoms with E-state index in [1.807, 2.05) is 6.92 Å². The topological polar surface area (TPSA) is 88.5 Å². The number of amides is 1. The van der Waals surface area contributed by atoms with Gasteiger partial charge >= 0.3 is 5.97 Å². The molecule has 1 saturated heterocycles. The number of aliphatic carboxylic acids is 1. The predicted octanol–water partition coefficient (Wildman–Crippen LogP) is 0.961. The third kappa shape index (κ3) is 2.84. The van der Waals surface area contributed by atoms with Gasteiger partial charge in [0.05, 0.1) is 11.9 Å². The van der Waals surface area contributed by atoms with E-state index in [0.717, 1.165) is 5.69 Å². The first-order valence-corrected chi connectivity index (χ1v) is 5.68. The Morgan fingerprint density at radius 1 is 1.39 bits per heavy atom. The maximum Gasteiger partial charge on any atom is 0.332 e. The van der Waals surface area contributed by atoms with Gasteiger partial charge in [0.2, 0.25) is 0 Å². The molecule has 0 radical (unpaired) electrons. The van der Waals surface area contributed by atoms with Crippen LogP contribution in [0.15, 0.2) is 18.3 Å². The van der Waals surface area contributed by atoms with E-state index in [2.05, 4.69) is 10.3 Å². The van der Waals surface area contributed by atoms with Crippen LogP contribution in [0.2, 0.25) is 0 Å². The van der Waals surface area contributed by atoms with Crippen molar-refractivity contribution in [1.82, 2.24) is 4.98 Å². The second-order valence-electron chi connectivity index (χ2n) is 4.21. The summed E-state index contributed by atoms with van der Waals surface area (Å²) in [5.74, 6) is -1.35. The standard InChI is InChI=1S/C12H14N2O4/c1-7-2-3-8(6-13-7)14-11(15)9-4-5-10(18-9)12(16)17/h2-3,6,9-10H,4-5H2,1H3,(H,14,15)(H,16,17). The van der Waals surface area contributed by atoms with Gasteiger partial charge in [0.15, 0.2) is 6.10 Å². The van der Waals surface area contributed by atoms with Crippen LogP contribution in [0.25, 0.3) is 0 Å². The number of carbonyl (C=O) groups excluding carboxylic acids is 1. The lowest BCUT2D eigenvalue weighted by molar-refractivity contribution is -0.150. The molecule has 1 aromatic rings. The largest absolute Gasteiger partial charge is 0.479 e. The fourth-order valence-electron chi connectivity index (χ4n) is 1.78. The van der Waals surface area contributed by atoms with Crippen molar-refractivity contribution < 1.29 is 19.4 Å². The number of rotatable bonds is 3. The number of aryl methyl sites for hydroxylation is 1. The third-order valence-electron chi connectivity index (χ3n) is 2.77. The Morgan fingerprint density at radius 3 is 2.67 bits per heavy atom. The summed E-state index contributed by atoms with van der Waals surface area (Å²) in [6, 6.07) is 3.52. The number of ether oxygens (including phenoxy) is 1. The van der Waals surface area contributed by atoms with E-state index in [9.17, 15) is 9.59 Å². The zero-order valence-electron chi connectivity index (χ0n) is 9.92. The second kappa shape index (κ2) is 5.14. The molecular weight excluding hydrogens is 236 g/mol. The normalized spacial score (nSPS) is 22.7. The fraction of sp³-hybridized carbons (Fsp3) is 0.417. The molecule has 0 aromatic carbocycles. The van der Waals surface area contributed by atoms with Crippen LogP contribution in [0, 0.1) is 6.92 Å². The smallest absolute Gasteiger partial charge is 0.332 e. The van der Waals surface area contributed by atoms with Gasteiger partial charge in [0.1, 0.15) is 6.10 Å². The average molecular weight is 250 g/mol. The Labute approximate surface area is 104 Å². The summed E-state index contributed by atoms with van der Waals surface area (Å²) in [7, 11) is 0. The summed E-state index contributed by atoms with van der Waals surface area (Å²) in [6.07, 6.45) is 0.753. The first kappa shape index (κ1) is 12.5. The Hall–Kier alpha value is -1.95. The molecule has 2 atom stereocenters. The van der Waals surface area contributed by atoms with Gasteiger partial charge in [-0.15, -0.1) is 0 Å². The minimum atomic E-state index is -1.03. The van der Waals surface area contributed by atoms with E-state index in [0.29, 0.717) is 18.5 Å². The maximum absolute atomic E-state index is 11.8. The molecule has 1 aliphatic rings. The highest BCUT2D eigenvalue weighted by Gasteiger charge is 2.34. The first-order chi connectivity index (χ1) is 8.56. The van der Waals surface area contributed by atoms with Crippen molar-refractivity contribution in [3.63, 3.8) is 0 Å². The summed E-state index contributed by atoms with van der Waals surface area (Å²) in [5.41, 5.74) is 1.43. The zero-order chi connectivity index (χ0) is 13.1. The highest BCUT2D eigenvalue weighted by atomic mass is 16.5. The van der Waals surface area contributed by atoms with Gasteiger partial charge in [-0.25, -0.2) is 4.79 Å². The SMILES string of the molecule is Cc1ccc(NC(=O)C2CCC(C(=O)O)O2)cn1. The Bertz CT molecular complexity index is 458. The van der Waals surface area contributed by atoms with E-state index < -0.39 is 18.2 Å². The molecule has 1 amide bonds. The van der Waals surface area contributed by atoms with E-state index in [1.165, 1.54) is 0 Å². The maximum atomic E-state index is 11.8. The molecule has 96 valence electrons. The summed E-state index contributed by atoms with van der Waals surface area (Å²) in [6.45, 7) is 1.85. The van der Waals surface area contributed by atoms with Gasteiger partial charge in [-0.3, -0.25) is 9.78 Å². The van der Waals surface area contributed by atoms with Crippen molar-refractivity contribution in [2.75, 3.05) is 5.32 Å². The minimum Gasteiger partial charge on any atom is -0.479 e. The van der Waals surface area contributed by atoms with Crippen molar-refractivity contribution in [1.29, 1.82) is 0 Å². The Morgan fingerprint density at radius 2 is 2.11 bits per heavy atom. The lowest BCUT2D eigenvalue weighted by Gasteiger charge is -2.11. The molecule has 1 aliphatic heterocycles. The predicted molar refractivity (Wildman–Crippen MR) is 63.1 cm³/mol. The number of aromatic nitrogens is 1. The highest BCUT2D eigenvalue weighted by molar-refractivity contribution is 5.94. The number of pyridine rings is 1. The summed E-state index contributed by atoms with van der Waals surface area (Å²) in [4.78, 5) is 26.6. The van der Waals surface area contributed by atoms with Gasteiger partial charge in [-0.2, -0.15) is 0 Å². The number of hydrogen-bond acceptors (Lipinski definition) is 4. The van der Waals surface area contributed by atoms with Crippen LogP contribution in [-0.4, -0.2) is 34.2 Å². The van der Waals surface area contributed by atoms with Crippen LogP contribution in [0.3, 0.4) is 0 Å². The molecule has 2 unspecified atom stereocenters. The van der Waals surface area contributed by atoms with E-state index in [4.69, 9.17) is 9.84 Å². The van der Waals surface area contributed by atoms with E-state index in [1.54, 1.807) is 18.3 Å². The van der Waals surface area contributed by atoms with E-state index in [-0.39, 0.29) is 5.91 Å². The monoisotopic (exact) mass is 250 g/mol. The molecule has 0 aliphatic carbocycles. The van der Waals surface area contributed by atoms with Crippen molar-refractivity contribution in [3.05, 3.63) is 24.0 Å². The highest BCUT2D eigenvalue weighted by Crippen LogP contribution is 2.21. The number of carbonyl (C=O) groups is 2. The molecule has 2 heterocycles. The number of carboxylic acid groups (broad SMARTS) is 1. The van der Waals surface area contributed by atoms with E-state index >= 15 is 0 Å². The van der Waals surface area contributed by atoms with Crippen LogP contribution in [0.4, 0.5) is 5.69 Å². The molecule has 18 heavy (non-hydrogen) atoms. The van der Waals surface area contributed by atoms with Crippen LogP contribution < -0.4 is 5.32 Å². The van der Waals surface area contributed by atoms with Crippen molar-refractivity contribution in [3.8, 4) is 0 Å². The Kier molecular flexibility index (Phi) is 3.57.